The van der Waals surface area contributed by atoms with Crippen LogP contribution in [0.1, 0.15) is 10.4 Å². The SMILES string of the molecule is O=C(O)c1cn(-c2ccc(F)cc2)c2nc(Cl)cc(F)c2c1=O. The zero-order chi connectivity index (χ0) is 16.7. The second kappa shape index (κ2) is 5.44. The van der Waals surface area contributed by atoms with Gasteiger partial charge >= 0.3 is 5.97 Å². The standard InChI is InChI=1S/C15H7ClF2N2O3/c16-11-5-10(18)12-13(21)9(15(22)23)6-20(14(12)19-11)8-3-1-7(17)2-4-8/h1-6H,(H,22,23). The van der Waals surface area contributed by atoms with Crippen molar-refractivity contribution in [1.29, 1.82) is 0 Å². The highest BCUT2D eigenvalue weighted by molar-refractivity contribution is 6.29. The van der Waals surface area contributed by atoms with E-state index in [0.29, 0.717) is 5.69 Å². The van der Waals surface area contributed by atoms with E-state index in [2.05, 4.69) is 4.98 Å². The number of fused-ring (bicyclic) bond motifs is 1. The van der Waals surface area contributed by atoms with Crippen molar-refractivity contribution in [3.05, 3.63) is 69.1 Å². The number of rotatable bonds is 2. The van der Waals surface area contributed by atoms with Crippen LogP contribution in [0.3, 0.4) is 0 Å². The van der Waals surface area contributed by atoms with Crippen LogP contribution >= 0.6 is 11.6 Å². The third-order valence-electron chi connectivity index (χ3n) is 3.21. The average molecular weight is 337 g/mol. The molecule has 1 N–H and O–H groups in total. The first-order valence-corrected chi connectivity index (χ1v) is 6.67. The fourth-order valence-electron chi connectivity index (χ4n) is 2.19. The number of hydrogen-bond donors (Lipinski definition) is 1. The molecule has 3 rings (SSSR count). The third-order valence-corrected chi connectivity index (χ3v) is 3.41. The van der Waals surface area contributed by atoms with E-state index in [-0.39, 0.29) is 10.8 Å². The summed E-state index contributed by atoms with van der Waals surface area (Å²) in [5, 5.41) is 8.44. The Hall–Kier alpha value is -2.80. The number of carboxylic acid groups (broad SMARTS) is 1. The average Bonchev–Trinajstić information content (AvgIpc) is 2.47. The Morgan fingerprint density at radius 2 is 1.87 bits per heavy atom. The highest BCUT2D eigenvalue weighted by atomic mass is 35.5. The number of halogens is 3. The van der Waals surface area contributed by atoms with E-state index >= 15 is 0 Å². The van der Waals surface area contributed by atoms with Gasteiger partial charge in [0.2, 0.25) is 5.43 Å². The molecular formula is C15H7ClF2N2O3. The largest absolute Gasteiger partial charge is 0.477 e. The summed E-state index contributed by atoms with van der Waals surface area (Å²) in [6.45, 7) is 0. The Balaban J connectivity index is 2.49. The van der Waals surface area contributed by atoms with Gasteiger partial charge in [-0.15, -0.1) is 0 Å². The summed E-state index contributed by atoms with van der Waals surface area (Å²) in [5.74, 6) is -3.00. The van der Waals surface area contributed by atoms with Crippen LogP contribution in [0.15, 0.2) is 41.3 Å². The zero-order valence-electron chi connectivity index (χ0n) is 11.3. The molecule has 0 saturated carbocycles. The van der Waals surface area contributed by atoms with Gasteiger partial charge in [0.1, 0.15) is 27.7 Å². The van der Waals surface area contributed by atoms with E-state index in [0.717, 1.165) is 24.4 Å². The molecule has 1 aromatic carbocycles. The summed E-state index contributed by atoms with van der Waals surface area (Å²) >= 11 is 5.72. The maximum Gasteiger partial charge on any atom is 0.341 e. The lowest BCUT2D eigenvalue weighted by Gasteiger charge is -2.12. The normalized spacial score (nSPS) is 10.9. The number of pyridine rings is 2. The Kier molecular flexibility index (Phi) is 3.57. The number of aromatic nitrogens is 2. The van der Waals surface area contributed by atoms with E-state index in [1.807, 2.05) is 0 Å². The van der Waals surface area contributed by atoms with Gasteiger partial charge in [0.25, 0.3) is 0 Å². The summed E-state index contributed by atoms with van der Waals surface area (Å²) in [6, 6.07) is 5.78. The van der Waals surface area contributed by atoms with Crippen molar-refractivity contribution in [2.45, 2.75) is 0 Å². The van der Waals surface area contributed by atoms with E-state index < -0.39 is 34.0 Å². The monoisotopic (exact) mass is 336 g/mol. The number of hydrogen-bond acceptors (Lipinski definition) is 3. The molecule has 0 aliphatic carbocycles. The molecule has 0 atom stereocenters. The molecule has 0 fully saturated rings. The minimum Gasteiger partial charge on any atom is -0.477 e. The van der Waals surface area contributed by atoms with Crippen LogP contribution < -0.4 is 5.43 Å². The minimum atomic E-state index is -1.51. The Bertz CT molecular complexity index is 1000. The van der Waals surface area contributed by atoms with Crippen LogP contribution in [0.5, 0.6) is 0 Å². The van der Waals surface area contributed by atoms with Crippen LogP contribution in [0, 0.1) is 11.6 Å². The number of carboxylic acids is 1. The molecule has 0 aliphatic rings. The van der Waals surface area contributed by atoms with E-state index in [1.54, 1.807) is 0 Å². The summed E-state index contributed by atoms with van der Waals surface area (Å²) in [7, 11) is 0. The maximum atomic E-state index is 14.1. The second-order valence-corrected chi connectivity index (χ2v) is 5.04. The van der Waals surface area contributed by atoms with Crippen LogP contribution in [0.4, 0.5) is 8.78 Å². The van der Waals surface area contributed by atoms with Gasteiger partial charge in [0, 0.05) is 18.0 Å². The van der Waals surface area contributed by atoms with Gasteiger partial charge in [-0.3, -0.25) is 4.79 Å². The van der Waals surface area contributed by atoms with Crippen molar-refractivity contribution in [1.82, 2.24) is 9.55 Å². The molecular weight excluding hydrogens is 330 g/mol. The highest BCUT2D eigenvalue weighted by Gasteiger charge is 2.19. The molecule has 23 heavy (non-hydrogen) atoms. The van der Waals surface area contributed by atoms with Crippen molar-refractivity contribution >= 4 is 28.6 Å². The molecule has 0 aliphatic heterocycles. The van der Waals surface area contributed by atoms with Gasteiger partial charge < -0.3 is 9.67 Å². The smallest absolute Gasteiger partial charge is 0.341 e. The van der Waals surface area contributed by atoms with Crippen molar-refractivity contribution < 1.29 is 18.7 Å². The minimum absolute atomic E-state index is 0.156. The predicted molar refractivity (Wildman–Crippen MR) is 79.2 cm³/mol. The number of nitrogens with zero attached hydrogens (tertiary/aromatic N) is 2. The summed E-state index contributed by atoms with van der Waals surface area (Å²) < 4.78 is 28.4. The highest BCUT2D eigenvalue weighted by Crippen LogP contribution is 2.21. The van der Waals surface area contributed by atoms with Crippen molar-refractivity contribution in [2.24, 2.45) is 0 Å². The van der Waals surface area contributed by atoms with Crippen LogP contribution in [0.2, 0.25) is 5.15 Å². The van der Waals surface area contributed by atoms with Gasteiger partial charge in [-0.1, -0.05) is 11.6 Å². The van der Waals surface area contributed by atoms with Gasteiger partial charge in [-0.05, 0) is 24.3 Å². The van der Waals surface area contributed by atoms with Gasteiger partial charge in [0.15, 0.2) is 5.65 Å². The molecule has 2 heterocycles. The lowest BCUT2D eigenvalue weighted by atomic mass is 10.1. The topological polar surface area (TPSA) is 72.2 Å². The fourth-order valence-corrected chi connectivity index (χ4v) is 2.37. The predicted octanol–water partition coefficient (Wildman–Crippen LogP) is 3.02. The summed E-state index contributed by atoms with van der Waals surface area (Å²) in [4.78, 5) is 27.3. The first kappa shape index (κ1) is 15.1. The Morgan fingerprint density at radius 1 is 1.22 bits per heavy atom. The van der Waals surface area contributed by atoms with Crippen molar-refractivity contribution in [3.8, 4) is 5.69 Å². The van der Waals surface area contributed by atoms with Gasteiger partial charge in [-0.2, -0.15) is 0 Å². The molecule has 116 valence electrons. The molecule has 0 unspecified atom stereocenters. The quantitative estimate of drug-likeness (QED) is 0.730. The zero-order valence-corrected chi connectivity index (χ0v) is 12.0. The van der Waals surface area contributed by atoms with Crippen LogP contribution in [-0.4, -0.2) is 20.6 Å². The summed E-state index contributed by atoms with van der Waals surface area (Å²) in [6.07, 6.45) is 1.00. The van der Waals surface area contributed by atoms with E-state index in [4.69, 9.17) is 16.7 Å². The number of carbonyl (C=O) groups is 1. The third kappa shape index (κ3) is 2.55. The lowest BCUT2D eigenvalue weighted by Crippen LogP contribution is -2.20. The van der Waals surface area contributed by atoms with E-state index in [9.17, 15) is 18.4 Å². The Morgan fingerprint density at radius 3 is 2.48 bits per heavy atom. The van der Waals surface area contributed by atoms with Crippen LogP contribution in [0.25, 0.3) is 16.7 Å². The first-order chi connectivity index (χ1) is 10.9. The van der Waals surface area contributed by atoms with E-state index in [1.165, 1.54) is 16.7 Å². The molecule has 0 bridgehead atoms. The lowest BCUT2D eigenvalue weighted by molar-refractivity contribution is 0.0695. The van der Waals surface area contributed by atoms with Crippen molar-refractivity contribution in [3.63, 3.8) is 0 Å². The summed E-state index contributed by atoms with van der Waals surface area (Å²) in [5.41, 5.74) is -1.50. The number of aromatic carboxylic acids is 1. The van der Waals surface area contributed by atoms with Gasteiger partial charge in [-0.25, -0.2) is 18.6 Å². The molecule has 2 aromatic heterocycles. The van der Waals surface area contributed by atoms with Gasteiger partial charge in [0.05, 0.1) is 0 Å². The molecule has 5 nitrogen and oxygen atoms in total. The number of benzene rings is 1. The maximum absolute atomic E-state index is 14.1. The second-order valence-electron chi connectivity index (χ2n) is 4.65. The molecule has 0 spiro atoms. The van der Waals surface area contributed by atoms with Crippen LogP contribution in [-0.2, 0) is 0 Å². The van der Waals surface area contributed by atoms with Crippen molar-refractivity contribution in [2.75, 3.05) is 0 Å². The molecule has 8 heteroatoms. The molecule has 0 saturated heterocycles. The Labute approximate surface area is 132 Å². The molecule has 0 radical (unpaired) electrons. The molecule has 0 amide bonds. The molecule has 3 aromatic rings. The fraction of sp³-hybridized carbons (Fsp3) is 0. The first-order valence-electron chi connectivity index (χ1n) is 6.29.